The van der Waals surface area contributed by atoms with Crippen LogP contribution in [0.1, 0.15) is 16.5 Å². The summed E-state index contributed by atoms with van der Waals surface area (Å²) >= 11 is 15.2. The van der Waals surface area contributed by atoms with Gasteiger partial charge in [0.1, 0.15) is 0 Å². The molecule has 0 fully saturated rings. The summed E-state index contributed by atoms with van der Waals surface area (Å²) < 4.78 is 2.58. The number of hydrogen-bond donors (Lipinski definition) is 1. The molecule has 1 nitrogen and oxygen atoms in total. The lowest BCUT2D eigenvalue weighted by molar-refractivity contribution is 0.900. The number of halogens is 2. The van der Waals surface area contributed by atoms with Gasteiger partial charge < -0.3 is 5.73 Å². The minimum atomic E-state index is -0.210. The maximum Gasteiger partial charge on any atom is 0.0995 e. The molecule has 18 heavy (non-hydrogen) atoms. The zero-order valence-electron chi connectivity index (χ0n) is 9.19. The maximum absolute atomic E-state index is 6.27. The van der Waals surface area contributed by atoms with Gasteiger partial charge in [0, 0.05) is 15.1 Å². The summed E-state index contributed by atoms with van der Waals surface area (Å²) in [4.78, 5) is 1.10. The van der Waals surface area contributed by atoms with E-state index >= 15 is 0 Å². The van der Waals surface area contributed by atoms with Crippen molar-refractivity contribution in [2.24, 2.45) is 5.73 Å². The Morgan fingerprint density at radius 2 is 1.83 bits per heavy atom. The third kappa shape index (κ3) is 2.17. The van der Waals surface area contributed by atoms with Crippen molar-refractivity contribution >= 4 is 56.0 Å². The fourth-order valence-electron chi connectivity index (χ4n) is 1.87. The van der Waals surface area contributed by atoms with Gasteiger partial charge >= 0.3 is 0 Å². The minimum Gasteiger partial charge on any atom is -0.320 e. The van der Waals surface area contributed by atoms with Gasteiger partial charge in [0.25, 0.3) is 0 Å². The molecule has 0 amide bonds. The molecule has 0 aliphatic heterocycles. The monoisotopic (exact) mass is 313 g/mol. The maximum atomic E-state index is 6.27. The van der Waals surface area contributed by atoms with Crippen LogP contribution in [0, 0.1) is 0 Å². The first-order chi connectivity index (χ1) is 8.65. The van der Waals surface area contributed by atoms with Gasteiger partial charge in [-0.1, -0.05) is 41.4 Å². The van der Waals surface area contributed by atoms with Crippen molar-refractivity contribution in [2.75, 3.05) is 0 Å². The van der Waals surface area contributed by atoms with Crippen molar-refractivity contribution in [3.05, 3.63) is 55.5 Å². The molecule has 1 aromatic carbocycles. The molecule has 0 saturated carbocycles. The van der Waals surface area contributed by atoms with Crippen LogP contribution in [0.2, 0.25) is 8.67 Å². The highest BCUT2D eigenvalue weighted by Crippen LogP contribution is 2.39. The summed E-state index contributed by atoms with van der Waals surface area (Å²) in [5.41, 5.74) is 7.17. The molecule has 3 rings (SSSR count). The zero-order valence-corrected chi connectivity index (χ0v) is 12.3. The molecule has 0 radical (unpaired) electrons. The first-order valence-corrected chi connectivity index (χ1v) is 7.73. The second-order valence-electron chi connectivity index (χ2n) is 3.94. The van der Waals surface area contributed by atoms with Gasteiger partial charge in [0.15, 0.2) is 0 Å². The van der Waals surface area contributed by atoms with Crippen LogP contribution in [-0.4, -0.2) is 0 Å². The highest BCUT2D eigenvalue weighted by atomic mass is 35.5. The second kappa shape index (κ2) is 4.83. The fourth-order valence-corrected chi connectivity index (χ4v) is 4.51. The van der Waals surface area contributed by atoms with E-state index in [0.29, 0.717) is 8.67 Å². The number of hydrogen-bond acceptors (Lipinski definition) is 3. The molecule has 1 unspecified atom stereocenters. The lowest BCUT2D eigenvalue weighted by Crippen LogP contribution is -2.09. The normalized spacial score (nSPS) is 13.1. The zero-order chi connectivity index (χ0) is 12.7. The van der Waals surface area contributed by atoms with E-state index in [1.165, 1.54) is 21.4 Å². The van der Waals surface area contributed by atoms with Gasteiger partial charge in [-0.05, 0) is 23.6 Å². The average molecular weight is 314 g/mol. The Hall–Kier alpha value is -0.580. The van der Waals surface area contributed by atoms with Gasteiger partial charge in [0.2, 0.25) is 0 Å². The second-order valence-corrected chi connectivity index (χ2v) is 7.34. The number of nitrogens with two attached hydrogens (primary N) is 1. The lowest BCUT2D eigenvalue weighted by atomic mass is 10.1. The van der Waals surface area contributed by atoms with E-state index < -0.39 is 0 Å². The van der Waals surface area contributed by atoms with Crippen molar-refractivity contribution in [1.82, 2.24) is 0 Å². The summed E-state index contributed by atoms with van der Waals surface area (Å²) in [6.07, 6.45) is 0. The van der Waals surface area contributed by atoms with Crippen LogP contribution >= 0.6 is 45.9 Å². The Labute approximate surface area is 123 Å². The van der Waals surface area contributed by atoms with E-state index in [4.69, 9.17) is 28.9 Å². The Morgan fingerprint density at radius 3 is 2.50 bits per heavy atom. The summed E-state index contributed by atoms with van der Waals surface area (Å²) in [6, 6.07) is 12.0. The van der Waals surface area contributed by atoms with Crippen LogP contribution in [0.5, 0.6) is 0 Å². The van der Waals surface area contributed by atoms with Crippen LogP contribution in [-0.2, 0) is 0 Å². The fraction of sp³-hybridized carbons (Fsp3) is 0.0769. The molecule has 92 valence electrons. The molecule has 0 aliphatic rings. The summed E-state index contributed by atoms with van der Waals surface area (Å²) in [6.45, 7) is 0. The highest BCUT2D eigenvalue weighted by molar-refractivity contribution is 7.20. The van der Waals surface area contributed by atoms with Crippen molar-refractivity contribution in [3.63, 3.8) is 0 Å². The average Bonchev–Trinajstić information content (AvgIpc) is 2.91. The van der Waals surface area contributed by atoms with Crippen LogP contribution in [0.4, 0.5) is 0 Å². The third-order valence-corrected chi connectivity index (χ3v) is 5.49. The van der Waals surface area contributed by atoms with Crippen molar-refractivity contribution in [1.29, 1.82) is 0 Å². The smallest absolute Gasteiger partial charge is 0.0995 e. The molecule has 0 spiro atoms. The van der Waals surface area contributed by atoms with Crippen LogP contribution < -0.4 is 5.73 Å². The Bertz CT molecular complexity index is 669. The molecule has 2 N–H and O–H groups in total. The predicted molar refractivity (Wildman–Crippen MR) is 82.2 cm³/mol. The summed E-state index contributed by atoms with van der Waals surface area (Å²) in [5.74, 6) is 0. The van der Waals surface area contributed by atoms with Crippen molar-refractivity contribution < 1.29 is 0 Å². The molecule has 2 aromatic heterocycles. The predicted octanol–water partition coefficient (Wildman–Crippen LogP) is 5.32. The first-order valence-electron chi connectivity index (χ1n) is 5.34. The molecular weight excluding hydrogens is 305 g/mol. The molecule has 0 saturated heterocycles. The molecular formula is C13H9Cl2NS2. The lowest BCUT2D eigenvalue weighted by Gasteiger charge is -2.07. The number of benzene rings is 1. The van der Waals surface area contributed by atoms with E-state index in [-0.39, 0.29) is 6.04 Å². The SMILES string of the molecule is NC(c1cc2ccccc2s1)c1cc(Cl)sc1Cl. The molecule has 1 atom stereocenters. The van der Waals surface area contributed by atoms with Gasteiger partial charge in [-0.25, -0.2) is 0 Å². The van der Waals surface area contributed by atoms with Crippen LogP contribution in [0.25, 0.3) is 10.1 Å². The molecule has 0 aliphatic carbocycles. The summed E-state index contributed by atoms with van der Waals surface area (Å²) in [7, 11) is 0. The van der Waals surface area contributed by atoms with Crippen molar-refractivity contribution in [2.45, 2.75) is 6.04 Å². The van der Waals surface area contributed by atoms with Crippen molar-refractivity contribution in [3.8, 4) is 0 Å². The largest absolute Gasteiger partial charge is 0.320 e. The third-order valence-electron chi connectivity index (χ3n) is 2.77. The first kappa shape index (κ1) is 12.5. The molecule has 5 heteroatoms. The van der Waals surface area contributed by atoms with E-state index in [1.807, 2.05) is 18.2 Å². The molecule has 2 heterocycles. The quantitative estimate of drug-likeness (QED) is 0.681. The van der Waals surface area contributed by atoms with Gasteiger partial charge in [-0.15, -0.1) is 22.7 Å². The van der Waals surface area contributed by atoms with Crippen LogP contribution in [0.3, 0.4) is 0 Å². The number of rotatable bonds is 2. The Kier molecular flexibility index (Phi) is 3.34. The van der Waals surface area contributed by atoms with E-state index in [0.717, 1.165) is 10.4 Å². The number of fused-ring (bicyclic) bond motifs is 1. The van der Waals surface area contributed by atoms with Gasteiger partial charge in [-0.3, -0.25) is 0 Å². The van der Waals surface area contributed by atoms with Gasteiger partial charge in [0.05, 0.1) is 14.7 Å². The number of thiophene rings is 2. The Morgan fingerprint density at radius 1 is 1.06 bits per heavy atom. The van der Waals surface area contributed by atoms with E-state index in [1.54, 1.807) is 11.3 Å². The molecule has 0 bridgehead atoms. The summed E-state index contributed by atoms with van der Waals surface area (Å²) in [5, 5.41) is 1.21. The van der Waals surface area contributed by atoms with Crippen LogP contribution in [0.15, 0.2) is 36.4 Å². The van der Waals surface area contributed by atoms with E-state index in [2.05, 4.69) is 18.2 Å². The highest BCUT2D eigenvalue weighted by Gasteiger charge is 2.17. The minimum absolute atomic E-state index is 0.210. The molecule has 3 aromatic rings. The van der Waals surface area contributed by atoms with E-state index in [9.17, 15) is 0 Å². The Balaban J connectivity index is 2.06. The van der Waals surface area contributed by atoms with Gasteiger partial charge in [-0.2, -0.15) is 0 Å². The standard InChI is InChI=1S/C13H9Cl2NS2/c14-11-6-8(13(15)18-11)12(16)10-5-7-3-1-2-4-9(7)17-10/h1-6,12H,16H2. The topological polar surface area (TPSA) is 26.0 Å².